The normalized spacial score (nSPS) is 14.6. The number of allylic oxidation sites excluding steroid dienone is 4. The molecule has 44 heavy (non-hydrogen) atoms. The van der Waals surface area contributed by atoms with Crippen molar-refractivity contribution in [2.24, 2.45) is 0 Å². The minimum Gasteiger partial charge on any atom is -0.462 e. The zero-order valence-corrected chi connectivity index (χ0v) is 28.3. The van der Waals surface area contributed by atoms with Gasteiger partial charge in [0.2, 0.25) is 0 Å². The van der Waals surface area contributed by atoms with Gasteiger partial charge in [0.25, 0.3) is 0 Å². The van der Waals surface area contributed by atoms with E-state index in [1.165, 1.54) is 70.6 Å². The van der Waals surface area contributed by atoms with Gasteiger partial charge in [-0.25, -0.2) is 4.57 Å². The molecule has 0 aromatic heterocycles. The number of carbonyl (C=O) groups excluding carboxylic acids is 2. The predicted molar refractivity (Wildman–Crippen MR) is 173 cm³/mol. The topological polar surface area (TPSA) is 149 Å². The monoisotopic (exact) mass is 648 g/mol. The third-order valence-electron chi connectivity index (χ3n) is 6.91. The van der Waals surface area contributed by atoms with Crippen molar-refractivity contribution < 1.29 is 47.8 Å². The lowest BCUT2D eigenvalue weighted by molar-refractivity contribution is -0.161. The number of phosphoric ester groups is 1. The SMILES string of the molecule is CCCCCCC/C=C\C/C=C\CCCCCCCCCCCC(=O)OC(COC(=O)CC)COP(=O)(O)OCC(O)CO. The van der Waals surface area contributed by atoms with Crippen molar-refractivity contribution in [1.82, 2.24) is 0 Å². The molecule has 258 valence electrons. The molecular formula is C33H61O10P. The van der Waals surface area contributed by atoms with Crippen molar-refractivity contribution in [2.75, 3.05) is 26.4 Å². The lowest BCUT2D eigenvalue weighted by Crippen LogP contribution is -2.29. The third-order valence-corrected chi connectivity index (χ3v) is 7.86. The van der Waals surface area contributed by atoms with E-state index in [1.54, 1.807) is 6.92 Å². The summed E-state index contributed by atoms with van der Waals surface area (Å²) in [4.78, 5) is 33.5. The summed E-state index contributed by atoms with van der Waals surface area (Å²) in [6.45, 7) is 1.72. The number of rotatable bonds is 31. The molecule has 0 heterocycles. The van der Waals surface area contributed by atoms with E-state index in [-0.39, 0.29) is 19.4 Å². The number of esters is 2. The standard InChI is InChI=1S/C33H61O10P/c1-3-5-6-7-8-9-10-11-12-13-14-15-16-17-18-19-20-21-22-23-24-25-33(37)43-31(28-40-32(36)4-2)29-42-44(38,39)41-27-30(35)26-34/h10-11,13-14,30-31,34-35H,3-9,12,15-29H2,1-2H3,(H,38,39)/b11-10-,14-13-. The summed E-state index contributed by atoms with van der Waals surface area (Å²) in [6.07, 6.45) is 27.0. The summed E-state index contributed by atoms with van der Waals surface area (Å²) < 4.78 is 31.7. The van der Waals surface area contributed by atoms with Gasteiger partial charge in [-0.05, 0) is 38.5 Å². The van der Waals surface area contributed by atoms with Crippen LogP contribution in [-0.4, -0.2) is 65.7 Å². The summed E-state index contributed by atoms with van der Waals surface area (Å²) >= 11 is 0. The van der Waals surface area contributed by atoms with Crippen molar-refractivity contribution in [1.29, 1.82) is 0 Å². The molecule has 0 saturated carbocycles. The van der Waals surface area contributed by atoms with Crippen molar-refractivity contribution in [3.05, 3.63) is 24.3 Å². The Morgan fingerprint density at radius 2 is 1.23 bits per heavy atom. The molecule has 0 aliphatic carbocycles. The highest BCUT2D eigenvalue weighted by Gasteiger charge is 2.27. The molecule has 0 aliphatic heterocycles. The minimum absolute atomic E-state index is 0.122. The van der Waals surface area contributed by atoms with Crippen LogP contribution in [0.1, 0.15) is 136 Å². The van der Waals surface area contributed by atoms with Gasteiger partial charge in [0.05, 0.1) is 19.8 Å². The number of carbonyl (C=O) groups is 2. The number of ether oxygens (including phenoxy) is 2. The van der Waals surface area contributed by atoms with E-state index in [1.807, 2.05) is 0 Å². The maximum Gasteiger partial charge on any atom is 0.472 e. The Kier molecular flexibility index (Phi) is 29.1. The second-order valence-corrected chi connectivity index (χ2v) is 12.6. The molecule has 0 amide bonds. The number of phosphoric acid groups is 1. The van der Waals surface area contributed by atoms with Gasteiger partial charge in [-0.2, -0.15) is 0 Å². The first-order chi connectivity index (χ1) is 21.2. The van der Waals surface area contributed by atoms with Gasteiger partial charge >= 0.3 is 19.8 Å². The van der Waals surface area contributed by atoms with Crippen LogP contribution < -0.4 is 0 Å². The second-order valence-electron chi connectivity index (χ2n) is 11.1. The number of hydrogen-bond donors (Lipinski definition) is 3. The summed E-state index contributed by atoms with van der Waals surface area (Å²) in [6, 6.07) is 0. The van der Waals surface area contributed by atoms with Gasteiger partial charge in [0.15, 0.2) is 6.10 Å². The van der Waals surface area contributed by atoms with Crippen LogP contribution in [-0.2, 0) is 32.7 Å². The van der Waals surface area contributed by atoms with Gasteiger partial charge < -0.3 is 24.6 Å². The van der Waals surface area contributed by atoms with Crippen LogP contribution in [0, 0.1) is 0 Å². The molecule has 11 heteroatoms. The third kappa shape index (κ3) is 29.2. The number of hydrogen-bond acceptors (Lipinski definition) is 9. The highest BCUT2D eigenvalue weighted by Crippen LogP contribution is 2.43. The molecule has 3 N–H and O–H groups in total. The van der Waals surface area contributed by atoms with Crippen molar-refractivity contribution in [3.63, 3.8) is 0 Å². The van der Waals surface area contributed by atoms with Crippen LogP contribution >= 0.6 is 7.82 Å². The van der Waals surface area contributed by atoms with Crippen LogP contribution in [0.2, 0.25) is 0 Å². The molecule has 3 unspecified atom stereocenters. The second kappa shape index (κ2) is 30.1. The molecule has 0 aliphatic rings. The molecule has 0 saturated heterocycles. The average molecular weight is 649 g/mol. The van der Waals surface area contributed by atoms with Gasteiger partial charge in [-0.3, -0.25) is 18.6 Å². The molecule has 0 spiro atoms. The van der Waals surface area contributed by atoms with Crippen molar-refractivity contribution >= 4 is 19.8 Å². The molecule has 0 fully saturated rings. The molecule has 3 atom stereocenters. The fraction of sp³-hybridized carbons (Fsp3) is 0.818. The van der Waals surface area contributed by atoms with E-state index in [0.717, 1.165) is 32.1 Å². The molecule has 0 aromatic carbocycles. The van der Waals surface area contributed by atoms with Crippen LogP contribution in [0.3, 0.4) is 0 Å². The van der Waals surface area contributed by atoms with E-state index < -0.39 is 51.8 Å². The maximum absolute atomic E-state index is 12.3. The van der Waals surface area contributed by atoms with E-state index >= 15 is 0 Å². The van der Waals surface area contributed by atoms with Crippen molar-refractivity contribution in [3.8, 4) is 0 Å². The fourth-order valence-electron chi connectivity index (χ4n) is 4.24. The summed E-state index contributed by atoms with van der Waals surface area (Å²) in [5.74, 6) is -1.03. The van der Waals surface area contributed by atoms with Crippen molar-refractivity contribution in [2.45, 2.75) is 148 Å². The zero-order chi connectivity index (χ0) is 32.7. The van der Waals surface area contributed by atoms with E-state index in [4.69, 9.17) is 19.1 Å². The molecule has 0 bridgehead atoms. The Labute approximate surface area is 266 Å². The summed E-state index contributed by atoms with van der Waals surface area (Å²) in [5.41, 5.74) is 0. The van der Waals surface area contributed by atoms with Crippen LogP contribution in [0.15, 0.2) is 24.3 Å². The van der Waals surface area contributed by atoms with Gasteiger partial charge in [0.1, 0.15) is 12.7 Å². The molecular weight excluding hydrogens is 587 g/mol. The Hall–Kier alpha value is -1.55. The molecule has 0 rings (SSSR count). The van der Waals surface area contributed by atoms with Crippen LogP contribution in [0.25, 0.3) is 0 Å². The number of aliphatic hydroxyl groups is 2. The predicted octanol–water partition coefficient (Wildman–Crippen LogP) is 7.49. The van der Waals surface area contributed by atoms with Gasteiger partial charge in [-0.15, -0.1) is 0 Å². The van der Waals surface area contributed by atoms with E-state index in [9.17, 15) is 24.2 Å². The minimum atomic E-state index is -4.58. The fourth-order valence-corrected chi connectivity index (χ4v) is 5.03. The first-order valence-electron chi connectivity index (χ1n) is 16.8. The number of aliphatic hydroxyl groups excluding tert-OH is 2. The highest BCUT2D eigenvalue weighted by molar-refractivity contribution is 7.47. The summed E-state index contributed by atoms with van der Waals surface area (Å²) in [7, 11) is -4.58. The molecule has 0 radical (unpaired) electrons. The highest BCUT2D eigenvalue weighted by atomic mass is 31.2. The van der Waals surface area contributed by atoms with Gasteiger partial charge in [-0.1, -0.05) is 109 Å². The molecule has 0 aromatic rings. The Balaban J connectivity index is 3.92. The Morgan fingerprint density at radius 3 is 1.77 bits per heavy atom. The lowest BCUT2D eigenvalue weighted by atomic mass is 10.1. The Morgan fingerprint density at radius 1 is 0.705 bits per heavy atom. The molecule has 10 nitrogen and oxygen atoms in total. The van der Waals surface area contributed by atoms with E-state index in [2.05, 4.69) is 35.8 Å². The van der Waals surface area contributed by atoms with Crippen LogP contribution in [0.5, 0.6) is 0 Å². The number of unbranched alkanes of at least 4 members (excludes halogenated alkanes) is 14. The van der Waals surface area contributed by atoms with Crippen LogP contribution in [0.4, 0.5) is 0 Å². The Bertz CT molecular complexity index is 801. The zero-order valence-electron chi connectivity index (χ0n) is 27.4. The van der Waals surface area contributed by atoms with Gasteiger partial charge in [0, 0.05) is 12.8 Å². The lowest BCUT2D eigenvalue weighted by Gasteiger charge is -2.20. The summed E-state index contributed by atoms with van der Waals surface area (Å²) in [5, 5.41) is 18.0. The average Bonchev–Trinajstić information content (AvgIpc) is 3.01. The first-order valence-corrected chi connectivity index (χ1v) is 18.3. The maximum atomic E-state index is 12.3. The van der Waals surface area contributed by atoms with E-state index in [0.29, 0.717) is 6.42 Å². The quantitative estimate of drug-likeness (QED) is 0.0299. The largest absolute Gasteiger partial charge is 0.472 e. The smallest absolute Gasteiger partial charge is 0.462 e. The first kappa shape index (κ1) is 42.5.